The second-order valence-electron chi connectivity index (χ2n) is 20.3. The molecule has 0 N–H and O–H groups in total. The molecule has 0 saturated carbocycles. The van der Waals surface area contributed by atoms with Gasteiger partial charge in [0.15, 0.2) is 0 Å². The van der Waals surface area contributed by atoms with Crippen LogP contribution in [-0.4, -0.2) is 8.07 Å². The molecule has 0 saturated heterocycles. The van der Waals surface area contributed by atoms with E-state index in [4.69, 9.17) is 0 Å². The van der Waals surface area contributed by atoms with Gasteiger partial charge in [0.2, 0.25) is 0 Å². The van der Waals surface area contributed by atoms with E-state index in [2.05, 4.69) is 128 Å². The van der Waals surface area contributed by atoms with Crippen LogP contribution in [0.4, 0.5) is 0 Å². The van der Waals surface area contributed by atoms with Gasteiger partial charge in [-0.15, -0.1) is 5.19 Å². The fourth-order valence-electron chi connectivity index (χ4n) is 10.4. The Morgan fingerprint density at radius 2 is 0.597 bits per heavy atom. The Morgan fingerprint density at radius 1 is 0.358 bits per heavy atom. The molecular formula is C62H97Cl3SiTi. The maximum atomic E-state index is 2.78. The van der Waals surface area contributed by atoms with Crippen molar-refractivity contribution in [3.8, 4) is 0 Å². The second-order valence-corrected chi connectivity index (χ2v) is 24.1. The van der Waals surface area contributed by atoms with Crippen molar-refractivity contribution in [3.05, 3.63) is 112 Å². The zero-order chi connectivity index (χ0) is 45.1. The zero-order valence-corrected chi connectivity index (χ0v) is 49.2. The van der Waals surface area contributed by atoms with E-state index in [1.54, 1.807) is 54.1 Å². The summed E-state index contributed by atoms with van der Waals surface area (Å²) in [7, 11) is -2.84. The number of halogens is 3. The van der Waals surface area contributed by atoms with Gasteiger partial charge in [-0.05, 0) is 110 Å². The summed E-state index contributed by atoms with van der Waals surface area (Å²) in [6, 6.07) is 32.5. The van der Waals surface area contributed by atoms with Gasteiger partial charge in [0.25, 0.3) is 0 Å². The molecule has 0 heterocycles. The fraction of sp³-hybridized carbons (Fsp3) is 0.629. The molecule has 0 aromatic heterocycles. The number of aryl methyl sites for hydroxylation is 6. The molecule has 374 valence electrons. The fourth-order valence-corrected chi connectivity index (χ4v) is 15.5. The average molecular weight is 1020 g/mol. The molecule has 0 spiro atoms. The van der Waals surface area contributed by atoms with Crippen LogP contribution < -0.4 is 58.0 Å². The van der Waals surface area contributed by atoms with E-state index >= 15 is 0 Å². The van der Waals surface area contributed by atoms with E-state index in [-0.39, 0.29) is 58.9 Å². The van der Waals surface area contributed by atoms with Crippen LogP contribution in [0.2, 0.25) is 0 Å². The molecule has 0 aliphatic rings. The molecule has 4 rings (SSSR count). The number of hydrogen-bond acceptors (Lipinski definition) is 0. The summed E-state index contributed by atoms with van der Waals surface area (Å²) in [6.45, 7) is 18.9. The van der Waals surface area contributed by atoms with Gasteiger partial charge >= 0.3 is 21.7 Å². The third kappa shape index (κ3) is 22.0. The minimum Gasteiger partial charge on any atom is -1.00 e. The van der Waals surface area contributed by atoms with Crippen molar-refractivity contribution in [1.82, 2.24) is 0 Å². The molecule has 5 heteroatoms. The van der Waals surface area contributed by atoms with Crippen LogP contribution in [-0.2, 0) is 60.2 Å². The molecule has 0 radical (unpaired) electrons. The molecular weight excluding hydrogens is 927 g/mol. The molecule has 0 fully saturated rings. The van der Waals surface area contributed by atoms with Gasteiger partial charge in [-0.2, -0.15) is 17.7 Å². The molecule has 0 aliphatic heterocycles. The Labute approximate surface area is 450 Å². The van der Waals surface area contributed by atoms with Gasteiger partial charge < -0.3 is 37.2 Å². The summed E-state index contributed by atoms with van der Waals surface area (Å²) >= 11 is 0. The molecule has 0 amide bonds. The first-order chi connectivity index (χ1) is 30.8. The van der Waals surface area contributed by atoms with Gasteiger partial charge in [0, 0.05) is 0 Å². The molecule has 4 aromatic carbocycles. The molecule has 0 unspecified atom stereocenters. The third-order valence-electron chi connectivity index (χ3n) is 14.2. The Kier molecular flexibility index (Phi) is 37.8. The Hall–Kier alpha value is -1.19. The predicted octanol–water partition coefficient (Wildman–Crippen LogP) is 7.65. The summed E-state index contributed by atoms with van der Waals surface area (Å²) in [5.41, 5.74) is 11.0. The summed E-state index contributed by atoms with van der Waals surface area (Å²) in [4.78, 5) is 0. The molecule has 0 aliphatic carbocycles. The zero-order valence-electron chi connectivity index (χ0n) is 44.4. The van der Waals surface area contributed by atoms with Crippen LogP contribution in [0.25, 0.3) is 0 Å². The summed E-state index contributed by atoms with van der Waals surface area (Å²) in [5, 5.41) is 6.58. The molecule has 4 aromatic rings. The minimum absolute atomic E-state index is 0. The van der Waals surface area contributed by atoms with Gasteiger partial charge in [-0.1, -0.05) is 247 Å². The monoisotopic (exact) mass is 1020 g/mol. The van der Waals surface area contributed by atoms with Crippen molar-refractivity contribution in [2.75, 3.05) is 0 Å². The van der Waals surface area contributed by atoms with Crippen LogP contribution in [0, 0.1) is 0 Å². The normalized spacial score (nSPS) is 11.2. The summed E-state index contributed by atoms with van der Waals surface area (Å²) < 4.78 is 0. The van der Waals surface area contributed by atoms with Crippen molar-refractivity contribution < 1.29 is 58.9 Å². The summed E-state index contributed by atoms with van der Waals surface area (Å²) in [5.74, 6) is 0.502. The van der Waals surface area contributed by atoms with Crippen LogP contribution in [0.5, 0.6) is 0 Å². The van der Waals surface area contributed by atoms with Gasteiger partial charge in [0.05, 0.1) is 0 Å². The Bertz CT molecular complexity index is 1560. The first-order valence-corrected chi connectivity index (χ1v) is 29.5. The number of hydrogen-bond donors (Lipinski definition) is 0. The first kappa shape index (κ1) is 65.8. The van der Waals surface area contributed by atoms with E-state index in [9.17, 15) is 0 Å². The third-order valence-corrected chi connectivity index (χ3v) is 18.9. The number of benzene rings is 3. The van der Waals surface area contributed by atoms with Gasteiger partial charge in [-0.25, -0.2) is 6.07 Å². The first-order valence-electron chi connectivity index (χ1n) is 27.5. The maximum Gasteiger partial charge on any atom is 4.00 e. The van der Waals surface area contributed by atoms with E-state index in [0.717, 1.165) is 0 Å². The van der Waals surface area contributed by atoms with Crippen molar-refractivity contribution in [3.63, 3.8) is 0 Å². The molecule has 0 atom stereocenters. The smallest absolute Gasteiger partial charge is 1.00 e. The Balaban J connectivity index is 0.0000109. The van der Waals surface area contributed by atoms with Crippen LogP contribution in [0.1, 0.15) is 254 Å². The van der Waals surface area contributed by atoms with E-state index < -0.39 is 8.07 Å². The van der Waals surface area contributed by atoms with E-state index in [1.807, 2.05) is 0 Å². The van der Waals surface area contributed by atoms with Crippen molar-refractivity contribution in [2.45, 2.75) is 254 Å². The van der Waals surface area contributed by atoms with Crippen LogP contribution in [0.15, 0.2) is 72.8 Å². The average Bonchev–Trinajstić information content (AvgIpc) is 3.79. The minimum atomic E-state index is -2.84. The van der Waals surface area contributed by atoms with E-state index in [0.29, 0.717) is 5.92 Å². The van der Waals surface area contributed by atoms with Crippen molar-refractivity contribution in [2.24, 2.45) is 0 Å². The van der Waals surface area contributed by atoms with Crippen molar-refractivity contribution >= 4 is 28.8 Å². The molecule has 67 heavy (non-hydrogen) atoms. The van der Waals surface area contributed by atoms with Crippen molar-refractivity contribution in [1.29, 1.82) is 0 Å². The number of unbranched alkanes of at least 4 members (excludes halogenated alkanes) is 18. The largest absolute Gasteiger partial charge is 4.00 e. The maximum absolute atomic E-state index is 2.84. The van der Waals surface area contributed by atoms with Gasteiger partial charge in [-0.3, -0.25) is 0 Å². The topological polar surface area (TPSA) is 0 Å². The summed E-state index contributed by atoms with van der Waals surface area (Å²) in [6.07, 6.45) is 38.7. The van der Waals surface area contributed by atoms with Crippen LogP contribution in [0.3, 0.4) is 0 Å². The molecule has 0 nitrogen and oxygen atoms in total. The molecule has 0 bridgehead atoms. The van der Waals surface area contributed by atoms with E-state index in [1.165, 1.54) is 198 Å². The Morgan fingerprint density at radius 3 is 0.791 bits per heavy atom. The second kappa shape index (κ2) is 38.5. The van der Waals surface area contributed by atoms with Crippen LogP contribution >= 0.6 is 0 Å². The SMILES string of the molecule is CCCCCCc1cc(CCCCCC)cc([Si](c2cc(CCCCCC)cc(CCCCCC)c2)(c2cc(CCCCCC)cc(CCCCCC)c2)[c-]2ccc(C(C)C)c2)c1.[Cl-].[Cl-].[Cl-].[Ti+4]. The standard InChI is InChI=1S/C62H97Si.3ClH.Ti/c1-9-15-21-27-33-52-41-53(34-28-22-16-10-2)45-60(44-52)63(59-40-39-58(50-59)51(7)8,61-46-54(35-29-23-17-11-3)42-55(47-61)36-30-24-18-12-4)62-48-56(37-31-25-19-13-5)43-57(49-62)38-32-26-20-14-6;;;;/h39-51H,9-38H2,1-8H3;3*1H;/q-1;;;;+4/p-3. The predicted molar refractivity (Wildman–Crippen MR) is 287 cm³/mol. The number of rotatable bonds is 35. The van der Waals surface area contributed by atoms with Gasteiger partial charge in [0.1, 0.15) is 8.07 Å². The quantitative estimate of drug-likeness (QED) is 0.0193.